The standard InChI is InChI=1S/C9H8BrNO3S/c1-6(15)14-5-7-2-3-8(10)9(4-7)11(12)13/h2-4H,5H2,1H3. The van der Waals surface area contributed by atoms with Gasteiger partial charge in [-0.15, -0.1) is 0 Å². The predicted octanol–water partition coefficient (Wildman–Crippen LogP) is 3.22. The second-order valence-corrected chi connectivity index (χ2v) is 4.25. The maximum Gasteiger partial charge on any atom is 0.283 e. The Labute approximate surface area is 101 Å². The highest BCUT2D eigenvalue weighted by atomic mass is 79.9. The maximum atomic E-state index is 10.6. The fourth-order valence-electron chi connectivity index (χ4n) is 0.973. The Balaban J connectivity index is 2.87. The number of rotatable bonds is 3. The van der Waals surface area contributed by atoms with E-state index < -0.39 is 4.92 Å². The summed E-state index contributed by atoms with van der Waals surface area (Å²) < 4.78 is 5.55. The smallest absolute Gasteiger partial charge is 0.283 e. The summed E-state index contributed by atoms with van der Waals surface area (Å²) in [5, 5.41) is 11.0. The number of hydrogen-bond acceptors (Lipinski definition) is 4. The van der Waals surface area contributed by atoms with Crippen LogP contribution in [0.25, 0.3) is 0 Å². The normalized spacial score (nSPS) is 9.73. The number of thiocarbonyl (C=S) groups is 1. The summed E-state index contributed by atoms with van der Waals surface area (Å²) in [5.41, 5.74) is 0.743. The number of hydrogen-bond donors (Lipinski definition) is 0. The van der Waals surface area contributed by atoms with E-state index >= 15 is 0 Å². The molecule has 0 saturated heterocycles. The molecule has 0 atom stereocenters. The second kappa shape index (κ2) is 5.18. The third kappa shape index (κ3) is 3.56. The van der Waals surface area contributed by atoms with E-state index in [1.807, 2.05) is 0 Å². The van der Waals surface area contributed by atoms with Crippen molar-refractivity contribution < 1.29 is 9.66 Å². The Morgan fingerprint density at radius 3 is 2.87 bits per heavy atom. The van der Waals surface area contributed by atoms with Crippen molar-refractivity contribution in [3.05, 3.63) is 38.3 Å². The van der Waals surface area contributed by atoms with Gasteiger partial charge in [-0.1, -0.05) is 6.07 Å². The minimum atomic E-state index is -0.447. The van der Waals surface area contributed by atoms with Crippen molar-refractivity contribution >= 4 is 38.9 Å². The molecule has 0 aliphatic carbocycles. The van der Waals surface area contributed by atoms with Crippen LogP contribution in [0, 0.1) is 10.1 Å². The van der Waals surface area contributed by atoms with Crippen LogP contribution in [0.4, 0.5) is 5.69 Å². The molecule has 0 spiro atoms. The molecular formula is C9H8BrNO3S. The molecule has 1 aromatic rings. The summed E-state index contributed by atoms with van der Waals surface area (Å²) in [5.74, 6) is 0. The lowest BCUT2D eigenvalue weighted by Crippen LogP contribution is -1.98. The van der Waals surface area contributed by atoms with Crippen molar-refractivity contribution in [1.29, 1.82) is 0 Å². The molecule has 15 heavy (non-hydrogen) atoms. The minimum Gasteiger partial charge on any atom is -0.483 e. The molecule has 0 heterocycles. The fourth-order valence-corrected chi connectivity index (χ4v) is 1.42. The zero-order valence-electron chi connectivity index (χ0n) is 7.90. The Kier molecular flexibility index (Phi) is 4.16. The van der Waals surface area contributed by atoms with Gasteiger partial charge in [-0.05, 0) is 39.8 Å². The molecule has 0 radical (unpaired) electrons. The molecular weight excluding hydrogens is 282 g/mol. The predicted molar refractivity (Wildman–Crippen MR) is 63.9 cm³/mol. The Hall–Kier alpha value is -1.01. The molecule has 1 aromatic carbocycles. The van der Waals surface area contributed by atoms with Crippen LogP contribution >= 0.6 is 28.1 Å². The van der Waals surface area contributed by atoms with Gasteiger partial charge in [-0.3, -0.25) is 10.1 Å². The number of benzene rings is 1. The van der Waals surface area contributed by atoms with Crippen LogP contribution in [0.5, 0.6) is 0 Å². The fraction of sp³-hybridized carbons (Fsp3) is 0.222. The monoisotopic (exact) mass is 289 g/mol. The van der Waals surface area contributed by atoms with Crippen molar-refractivity contribution in [3.63, 3.8) is 0 Å². The van der Waals surface area contributed by atoms with Gasteiger partial charge in [0.25, 0.3) is 5.69 Å². The lowest BCUT2D eigenvalue weighted by atomic mass is 10.2. The summed E-state index contributed by atoms with van der Waals surface area (Å²) in [6.07, 6.45) is 0. The van der Waals surface area contributed by atoms with Gasteiger partial charge in [0.1, 0.15) is 6.61 Å². The van der Waals surface area contributed by atoms with E-state index in [0.717, 1.165) is 0 Å². The van der Waals surface area contributed by atoms with Gasteiger partial charge < -0.3 is 4.74 Å². The first-order valence-electron chi connectivity index (χ1n) is 4.07. The summed E-state index contributed by atoms with van der Waals surface area (Å²) in [6, 6.07) is 4.83. The highest BCUT2D eigenvalue weighted by Crippen LogP contribution is 2.25. The molecule has 0 amide bonds. The molecule has 0 unspecified atom stereocenters. The number of nitro groups is 1. The third-order valence-electron chi connectivity index (χ3n) is 1.65. The van der Waals surface area contributed by atoms with Crippen LogP contribution < -0.4 is 0 Å². The number of halogens is 1. The SMILES string of the molecule is CC(=S)OCc1ccc(Br)c([N+](=O)[O-])c1. The van der Waals surface area contributed by atoms with E-state index in [1.165, 1.54) is 6.07 Å². The zero-order chi connectivity index (χ0) is 11.4. The quantitative estimate of drug-likeness (QED) is 0.487. The molecule has 80 valence electrons. The first-order chi connectivity index (χ1) is 7.00. The largest absolute Gasteiger partial charge is 0.483 e. The van der Waals surface area contributed by atoms with Gasteiger partial charge in [0.05, 0.1) is 9.40 Å². The van der Waals surface area contributed by atoms with Crippen LogP contribution in [0.15, 0.2) is 22.7 Å². The van der Waals surface area contributed by atoms with E-state index in [4.69, 9.17) is 17.0 Å². The molecule has 0 fully saturated rings. The summed E-state index contributed by atoms with van der Waals surface area (Å²) >= 11 is 7.84. The van der Waals surface area contributed by atoms with Gasteiger partial charge in [0, 0.05) is 13.0 Å². The van der Waals surface area contributed by atoms with Crippen LogP contribution in [0.1, 0.15) is 12.5 Å². The molecule has 0 saturated carbocycles. The van der Waals surface area contributed by atoms with E-state index in [2.05, 4.69) is 15.9 Å². The van der Waals surface area contributed by atoms with E-state index in [1.54, 1.807) is 19.1 Å². The zero-order valence-corrected chi connectivity index (χ0v) is 10.3. The first-order valence-corrected chi connectivity index (χ1v) is 5.27. The molecule has 6 heteroatoms. The van der Waals surface area contributed by atoms with Gasteiger partial charge in [-0.25, -0.2) is 0 Å². The Morgan fingerprint density at radius 1 is 1.67 bits per heavy atom. The summed E-state index contributed by atoms with van der Waals surface area (Å²) in [7, 11) is 0. The lowest BCUT2D eigenvalue weighted by Gasteiger charge is -2.04. The van der Waals surface area contributed by atoms with Crippen molar-refractivity contribution in [2.24, 2.45) is 0 Å². The van der Waals surface area contributed by atoms with E-state index in [9.17, 15) is 10.1 Å². The van der Waals surface area contributed by atoms with Crippen LogP contribution in [0.3, 0.4) is 0 Å². The average molecular weight is 290 g/mol. The van der Waals surface area contributed by atoms with Crippen molar-refractivity contribution in [2.45, 2.75) is 13.5 Å². The first kappa shape index (κ1) is 12.1. The molecule has 0 aliphatic rings. The van der Waals surface area contributed by atoms with Gasteiger partial charge in [-0.2, -0.15) is 0 Å². The van der Waals surface area contributed by atoms with Crippen molar-refractivity contribution in [3.8, 4) is 0 Å². The molecule has 0 aromatic heterocycles. The highest BCUT2D eigenvalue weighted by Gasteiger charge is 2.12. The van der Waals surface area contributed by atoms with Gasteiger partial charge in [0.2, 0.25) is 0 Å². The second-order valence-electron chi connectivity index (χ2n) is 2.82. The average Bonchev–Trinajstić information content (AvgIpc) is 2.16. The summed E-state index contributed by atoms with van der Waals surface area (Å²) in [6.45, 7) is 1.91. The summed E-state index contributed by atoms with van der Waals surface area (Å²) in [4.78, 5) is 10.2. The minimum absolute atomic E-state index is 0.0260. The number of nitrogens with zero attached hydrogens (tertiary/aromatic N) is 1. The number of ether oxygens (including phenoxy) is 1. The van der Waals surface area contributed by atoms with E-state index in [-0.39, 0.29) is 12.3 Å². The van der Waals surface area contributed by atoms with Crippen LogP contribution in [-0.2, 0) is 11.3 Å². The maximum absolute atomic E-state index is 10.6. The lowest BCUT2D eigenvalue weighted by molar-refractivity contribution is -0.385. The third-order valence-corrected chi connectivity index (χ3v) is 2.44. The van der Waals surface area contributed by atoms with Gasteiger partial charge in [0.15, 0.2) is 5.05 Å². The van der Waals surface area contributed by atoms with E-state index in [0.29, 0.717) is 15.1 Å². The molecule has 4 nitrogen and oxygen atoms in total. The highest BCUT2D eigenvalue weighted by molar-refractivity contribution is 9.10. The van der Waals surface area contributed by atoms with Gasteiger partial charge >= 0.3 is 0 Å². The Bertz CT molecular complexity index is 408. The molecule has 1 rings (SSSR count). The van der Waals surface area contributed by atoms with Crippen LogP contribution in [0.2, 0.25) is 0 Å². The molecule has 0 N–H and O–H groups in total. The van der Waals surface area contributed by atoms with Crippen molar-refractivity contribution in [1.82, 2.24) is 0 Å². The Morgan fingerprint density at radius 2 is 2.33 bits per heavy atom. The topological polar surface area (TPSA) is 52.4 Å². The molecule has 0 bridgehead atoms. The van der Waals surface area contributed by atoms with Crippen LogP contribution in [-0.4, -0.2) is 9.97 Å². The van der Waals surface area contributed by atoms with Crippen molar-refractivity contribution in [2.75, 3.05) is 0 Å². The molecule has 0 aliphatic heterocycles. The number of nitro benzene ring substituents is 1.